The molecule has 19 heavy (non-hydrogen) atoms. The van der Waals surface area contributed by atoms with Gasteiger partial charge in [-0.25, -0.2) is 0 Å². The predicted molar refractivity (Wildman–Crippen MR) is 84.1 cm³/mol. The van der Waals surface area contributed by atoms with Crippen LogP contribution >= 0.6 is 0 Å². The molecule has 2 heteroatoms. The fourth-order valence-electron chi connectivity index (χ4n) is 2.91. The molecule has 0 saturated heterocycles. The number of nitriles is 1. The van der Waals surface area contributed by atoms with E-state index < -0.39 is 0 Å². The topological polar surface area (TPSA) is 35.8 Å². The molecule has 0 unspecified atom stereocenters. The van der Waals surface area contributed by atoms with E-state index in [1.54, 1.807) is 0 Å². The van der Waals surface area contributed by atoms with Gasteiger partial charge in [0.1, 0.15) is 0 Å². The SMILES string of the molecule is CC.CNC1CCCCC1.N#CCC1CCCCC1. The fourth-order valence-corrected chi connectivity index (χ4v) is 2.91. The molecule has 0 aromatic heterocycles. The second kappa shape index (κ2) is 13.9. The van der Waals surface area contributed by atoms with Gasteiger partial charge in [0.05, 0.1) is 6.07 Å². The zero-order valence-corrected chi connectivity index (χ0v) is 13.4. The van der Waals surface area contributed by atoms with Gasteiger partial charge >= 0.3 is 0 Å². The van der Waals surface area contributed by atoms with Gasteiger partial charge in [-0.2, -0.15) is 5.26 Å². The first kappa shape index (κ1) is 18.4. The molecule has 0 spiro atoms. The maximum atomic E-state index is 8.37. The van der Waals surface area contributed by atoms with Crippen LogP contribution in [0.25, 0.3) is 0 Å². The van der Waals surface area contributed by atoms with Crippen molar-refractivity contribution in [1.29, 1.82) is 5.26 Å². The molecule has 2 rings (SSSR count). The minimum atomic E-state index is 0.740. The van der Waals surface area contributed by atoms with Crippen molar-refractivity contribution in [2.45, 2.75) is 90.5 Å². The van der Waals surface area contributed by atoms with E-state index in [1.165, 1.54) is 64.2 Å². The van der Waals surface area contributed by atoms with Gasteiger partial charge in [0.15, 0.2) is 0 Å². The standard InChI is InChI=1S/C8H13N.C7H15N.C2H6/c9-7-6-8-4-2-1-3-5-8;1-8-7-5-3-2-4-6-7;1-2/h8H,1-6H2;7-8H,2-6H2,1H3;1-2H3. The first-order valence-corrected chi connectivity index (χ1v) is 8.41. The Labute approximate surface area is 121 Å². The van der Waals surface area contributed by atoms with Gasteiger partial charge in [-0.05, 0) is 38.6 Å². The third-order valence-corrected chi connectivity index (χ3v) is 4.12. The van der Waals surface area contributed by atoms with E-state index in [0.29, 0.717) is 0 Å². The fraction of sp³-hybridized carbons (Fsp3) is 0.941. The van der Waals surface area contributed by atoms with Gasteiger partial charge in [0, 0.05) is 12.5 Å². The zero-order valence-electron chi connectivity index (χ0n) is 13.4. The van der Waals surface area contributed by atoms with Crippen LogP contribution in [0, 0.1) is 17.2 Å². The third-order valence-electron chi connectivity index (χ3n) is 4.12. The molecule has 2 aliphatic carbocycles. The Morgan fingerprint density at radius 1 is 0.895 bits per heavy atom. The highest BCUT2D eigenvalue weighted by atomic mass is 14.9. The average Bonchev–Trinajstić information content (AvgIpc) is 2.52. The Morgan fingerprint density at radius 2 is 1.37 bits per heavy atom. The molecular formula is C17H34N2. The summed E-state index contributed by atoms with van der Waals surface area (Å²) in [7, 11) is 2.07. The molecular weight excluding hydrogens is 232 g/mol. The van der Waals surface area contributed by atoms with Crippen LogP contribution in [0.4, 0.5) is 0 Å². The summed E-state index contributed by atoms with van der Waals surface area (Å²) in [5, 5.41) is 11.7. The summed E-state index contributed by atoms with van der Waals surface area (Å²) in [5.41, 5.74) is 0. The molecule has 0 aromatic carbocycles. The minimum absolute atomic E-state index is 0.740. The Balaban J connectivity index is 0.000000303. The molecule has 0 aromatic rings. The Morgan fingerprint density at radius 3 is 1.74 bits per heavy atom. The lowest BCUT2D eigenvalue weighted by Gasteiger charge is -2.20. The van der Waals surface area contributed by atoms with Crippen molar-refractivity contribution < 1.29 is 0 Å². The highest BCUT2D eigenvalue weighted by molar-refractivity contribution is 4.77. The Bertz CT molecular complexity index is 208. The van der Waals surface area contributed by atoms with Gasteiger partial charge < -0.3 is 5.32 Å². The molecule has 0 heterocycles. The summed E-state index contributed by atoms with van der Waals surface area (Å²) < 4.78 is 0. The molecule has 2 nitrogen and oxygen atoms in total. The molecule has 0 atom stereocenters. The quantitative estimate of drug-likeness (QED) is 0.759. The maximum absolute atomic E-state index is 8.37. The number of rotatable bonds is 2. The second-order valence-electron chi connectivity index (χ2n) is 5.49. The predicted octanol–water partition coefficient (Wildman–Crippen LogP) is 5.05. The van der Waals surface area contributed by atoms with Crippen LogP contribution < -0.4 is 5.32 Å². The van der Waals surface area contributed by atoms with Gasteiger partial charge in [0.25, 0.3) is 0 Å². The zero-order chi connectivity index (χ0) is 14.3. The van der Waals surface area contributed by atoms with Crippen LogP contribution in [0.15, 0.2) is 0 Å². The molecule has 2 aliphatic rings. The van der Waals surface area contributed by atoms with Crippen molar-refractivity contribution in [1.82, 2.24) is 5.32 Å². The molecule has 2 fully saturated rings. The van der Waals surface area contributed by atoms with Gasteiger partial charge in [-0.15, -0.1) is 0 Å². The first-order valence-electron chi connectivity index (χ1n) is 8.41. The average molecular weight is 266 g/mol. The van der Waals surface area contributed by atoms with E-state index in [-0.39, 0.29) is 0 Å². The summed E-state index contributed by atoms with van der Waals surface area (Å²) in [6.07, 6.45) is 14.6. The lowest BCUT2D eigenvalue weighted by Crippen LogP contribution is -2.26. The van der Waals surface area contributed by atoms with Crippen LogP contribution in [0.1, 0.15) is 84.5 Å². The van der Waals surface area contributed by atoms with Gasteiger partial charge in [0.2, 0.25) is 0 Å². The van der Waals surface area contributed by atoms with E-state index in [9.17, 15) is 0 Å². The Kier molecular flexibility index (Phi) is 13.5. The van der Waals surface area contributed by atoms with Crippen LogP contribution in [-0.4, -0.2) is 13.1 Å². The molecule has 0 aliphatic heterocycles. The third kappa shape index (κ3) is 9.96. The highest BCUT2D eigenvalue weighted by Crippen LogP contribution is 2.25. The normalized spacial score (nSPS) is 20.3. The molecule has 1 N–H and O–H groups in total. The van der Waals surface area contributed by atoms with E-state index in [2.05, 4.69) is 18.4 Å². The summed E-state index contributed by atoms with van der Waals surface area (Å²) in [4.78, 5) is 0. The van der Waals surface area contributed by atoms with Crippen molar-refractivity contribution in [2.75, 3.05) is 7.05 Å². The van der Waals surface area contributed by atoms with Crippen molar-refractivity contribution in [3.8, 4) is 6.07 Å². The molecule has 0 bridgehead atoms. The lowest BCUT2D eigenvalue weighted by molar-refractivity contribution is 0.364. The summed E-state index contributed by atoms with van der Waals surface area (Å²) in [6, 6.07) is 3.07. The van der Waals surface area contributed by atoms with Crippen LogP contribution in [0.2, 0.25) is 0 Å². The number of hydrogen-bond acceptors (Lipinski definition) is 2. The van der Waals surface area contributed by atoms with E-state index >= 15 is 0 Å². The smallest absolute Gasteiger partial charge is 0.0624 e. The van der Waals surface area contributed by atoms with Crippen molar-refractivity contribution in [2.24, 2.45) is 5.92 Å². The first-order chi connectivity index (χ1) is 9.36. The second-order valence-corrected chi connectivity index (χ2v) is 5.49. The maximum Gasteiger partial charge on any atom is 0.0624 e. The lowest BCUT2D eigenvalue weighted by atomic mass is 9.87. The monoisotopic (exact) mass is 266 g/mol. The van der Waals surface area contributed by atoms with Crippen molar-refractivity contribution >= 4 is 0 Å². The van der Waals surface area contributed by atoms with Crippen molar-refractivity contribution in [3.63, 3.8) is 0 Å². The van der Waals surface area contributed by atoms with Crippen LogP contribution in [0.5, 0.6) is 0 Å². The largest absolute Gasteiger partial charge is 0.317 e. The number of nitrogens with one attached hydrogen (secondary N) is 1. The van der Waals surface area contributed by atoms with Crippen molar-refractivity contribution in [3.05, 3.63) is 0 Å². The summed E-state index contributed by atoms with van der Waals surface area (Å²) >= 11 is 0. The molecule has 0 amide bonds. The van der Waals surface area contributed by atoms with Crippen LogP contribution in [0.3, 0.4) is 0 Å². The van der Waals surface area contributed by atoms with Gasteiger partial charge in [-0.3, -0.25) is 0 Å². The molecule has 0 radical (unpaired) electrons. The van der Waals surface area contributed by atoms with E-state index in [0.717, 1.165) is 18.4 Å². The molecule has 2 saturated carbocycles. The van der Waals surface area contributed by atoms with E-state index in [4.69, 9.17) is 5.26 Å². The molecule has 112 valence electrons. The Hall–Kier alpha value is -0.550. The minimum Gasteiger partial charge on any atom is -0.317 e. The van der Waals surface area contributed by atoms with Gasteiger partial charge in [-0.1, -0.05) is 52.4 Å². The van der Waals surface area contributed by atoms with Crippen LogP contribution in [-0.2, 0) is 0 Å². The summed E-state index contributed by atoms with van der Waals surface area (Å²) in [6.45, 7) is 4.00. The number of nitrogens with zero attached hydrogens (tertiary/aromatic N) is 1. The van der Waals surface area contributed by atoms with E-state index in [1.807, 2.05) is 13.8 Å². The highest BCUT2D eigenvalue weighted by Gasteiger charge is 2.11. The summed E-state index contributed by atoms with van der Waals surface area (Å²) in [5.74, 6) is 0.740. The number of hydrogen-bond donors (Lipinski definition) is 1.